The lowest BCUT2D eigenvalue weighted by Crippen LogP contribution is -2.25. The van der Waals surface area contributed by atoms with Gasteiger partial charge in [0.25, 0.3) is 0 Å². The maximum absolute atomic E-state index is 6.64. The summed E-state index contributed by atoms with van der Waals surface area (Å²) in [5, 5.41) is 5.75. The summed E-state index contributed by atoms with van der Waals surface area (Å²) in [6, 6.07) is 4.28. The number of anilines is 2. The van der Waals surface area contributed by atoms with E-state index in [0.717, 1.165) is 42.3 Å². The van der Waals surface area contributed by atoms with E-state index in [1.165, 1.54) is 54.5 Å². The first kappa shape index (κ1) is 19.3. The average molecular weight is 374 g/mol. The molecule has 0 radical (unpaired) electrons. The van der Waals surface area contributed by atoms with Crippen molar-refractivity contribution in [2.75, 3.05) is 11.4 Å². The molecule has 0 fully saturated rings. The molecule has 26 heavy (non-hydrogen) atoms. The van der Waals surface area contributed by atoms with E-state index in [1.54, 1.807) is 0 Å². The first-order chi connectivity index (χ1) is 12.5. The van der Waals surface area contributed by atoms with E-state index >= 15 is 0 Å². The first-order valence-electron chi connectivity index (χ1n) is 10.1. The molecule has 0 unspecified atom stereocenters. The van der Waals surface area contributed by atoms with Crippen LogP contribution in [0.5, 0.6) is 0 Å². The van der Waals surface area contributed by atoms with Crippen LogP contribution in [0.25, 0.3) is 0 Å². The Balaban J connectivity index is 1.86. The van der Waals surface area contributed by atoms with Gasteiger partial charge in [-0.25, -0.2) is 0 Å². The predicted octanol–water partition coefficient (Wildman–Crippen LogP) is 6.29. The minimum absolute atomic E-state index is 0.835. The van der Waals surface area contributed by atoms with Crippen molar-refractivity contribution < 1.29 is 0 Å². The van der Waals surface area contributed by atoms with Gasteiger partial charge in [0, 0.05) is 24.8 Å². The summed E-state index contributed by atoms with van der Waals surface area (Å²) in [4.78, 5) is 2.34. The molecule has 1 aliphatic rings. The van der Waals surface area contributed by atoms with Crippen molar-refractivity contribution in [3.8, 4) is 0 Å². The number of benzene rings is 1. The zero-order valence-electron chi connectivity index (χ0n) is 16.7. The van der Waals surface area contributed by atoms with Crippen LogP contribution >= 0.6 is 11.6 Å². The molecular weight excluding hydrogens is 342 g/mol. The highest BCUT2D eigenvalue weighted by Gasteiger charge is 2.27. The van der Waals surface area contributed by atoms with Crippen LogP contribution in [0.4, 0.5) is 11.5 Å². The predicted molar refractivity (Wildman–Crippen MR) is 112 cm³/mol. The fourth-order valence-electron chi connectivity index (χ4n) is 4.26. The van der Waals surface area contributed by atoms with Crippen molar-refractivity contribution in [2.24, 2.45) is 7.05 Å². The average Bonchev–Trinajstić information content (AvgIpc) is 2.90. The van der Waals surface area contributed by atoms with Gasteiger partial charge in [0.2, 0.25) is 0 Å². The van der Waals surface area contributed by atoms with E-state index in [1.807, 2.05) is 0 Å². The molecule has 0 saturated carbocycles. The molecule has 3 rings (SSSR count). The summed E-state index contributed by atoms with van der Waals surface area (Å²) in [6.07, 6.45) is 10.0. The van der Waals surface area contributed by atoms with Gasteiger partial charge in [0.1, 0.15) is 0 Å². The molecule has 2 heterocycles. The Morgan fingerprint density at radius 3 is 2.62 bits per heavy atom. The van der Waals surface area contributed by atoms with Gasteiger partial charge < -0.3 is 4.90 Å². The third-order valence-corrected chi connectivity index (χ3v) is 5.79. The van der Waals surface area contributed by atoms with Crippen molar-refractivity contribution in [1.29, 1.82) is 0 Å². The van der Waals surface area contributed by atoms with Gasteiger partial charge in [-0.15, -0.1) is 0 Å². The third kappa shape index (κ3) is 3.93. The molecule has 0 N–H and O–H groups in total. The second-order valence-electron chi connectivity index (χ2n) is 7.70. The Bertz CT molecular complexity index is 740. The fourth-order valence-corrected chi connectivity index (χ4v) is 4.68. The molecule has 0 aliphatic carbocycles. The topological polar surface area (TPSA) is 21.1 Å². The van der Waals surface area contributed by atoms with Crippen LogP contribution in [0.15, 0.2) is 12.1 Å². The molecule has 0 amide bonds. The summed E-state index contributed by atoms with van der Waals surface area (Å²) in [6.45, 7) is 7.51. The minimum Gasteiger partial charge on any atom is -0.323 e. The van der Waals surface area contributed by atoms with E-state index in [0.29, 0.717) is 0 Å². The monoisotopic (exact) mass is 373 g/mol. The lowest BCUT2D eigenvalue weighted by atomic mass is 9.99. The van der Waals surface area contributed by atoms with Crippen molar-refractivity contribution in [1.82, 2.24) is 9.78 Å². The maximum Gasteiger partial charge on any atom is 0.158 e. The van der Waals surface area contributed by atoms with Gasteiger partial charge in [-0.05, 0) is 56.7 Å². The molecule has 1 aromatic heterocycles. The normalized spacial score (nSPS) is 14.0. The number of unbranched alkanes of at least 4 members (excludes halogenated alkanes) is 4. The van der Waals surface area contributed by atoms with E-state index in [-0.39, 0.29) is 0 Å². The number of rotatable bonds is 7. The van der Waals surface area contributed by atoms with Crippen LogP contribution in [-0.4, -0.2) is 16.3 Å². The number of hydrogen-bond donors (Lipinski definition) is 0. The highest BCUT2D eigenvalue weighted by atomic mass is 35.5. The molecule has 2 aromatic rings. The Labute approximate surface area is 163 Å². The van der Waals surface area contributed by atoms with Gasteiger partial charge in [-0.3, -0.25) is 4.68 Å². The van der Waals surface area contributed by atoms with Crippen molar-refractivity contribution in [3.05, 3.63) is 39.5 Å². The minimum atomic E-state index is 0.835. The molecule has 0 saturated heterocycles. The second kappa shape index (κ2) is 8.47. The van der Waals surface area contributed by atoms with Crippen molar-refractivity contribution in [3.63, 3.8) is 0 Å². The van der Waals surface area contributed by atoms with Crippen LogP contribution in [0.2, 0.25) is 5.02 Å². The van der Waals surface area contributed by atoms with Gasteiger partial charge in [0.15, 0.2) is 5.82 Å². The van der Waals surface area contributed by atoms with E-state index in [9.17, 15) is 0 Å². The molecular formula is C22H32ClN3. The standard InChI is InChI=1S/C22H32ClN3/c1-5-6-7-8-9-12-20-18-11-10-13-26(22(18)24-25(20)4)21-17(3)14-16(2)15-19(21)23/h14-15H,5-13H2,1-4H3. The molecule has 3 nitrogen and oxygen atoms in total. The highest BCUT2D eigenvalue weighted by molar-refractivity contribution is 6.33. The Morgan fingerprint density at radius 2 is 1.88 bits per heavy atom. The zero-order chi connectivity index (χ0) is 18.7. The molecule has 0 atom stereocenters. The number of hydrogen-bond acceptors (Lipinski definition) is 2. The number of nitrogens with zero attached hydrogens (tertiary/aromatic N) is 3. The summed E-state index contributed by atoms with van der Waals surface area (Å²) in [5.74, 6) is 1.12. The van der Waals surface area contributed by atoms with Crippen molar-refractivity contribution >= 4 is 23.1 Å². The molecule has 0 bridgehead atoms. The van der Waals surface area contributed by atoms with Crippen LogP contribution in [0.3, 0.4) is 0 Å². The summed E-state index contributed by atoms with van der Waals surface area (Å²) >= 11 is 6.64. The van der Waals surface area contributed by atoms with Crippen LogP contribution in [0, 0.1) is 13.8 Å². The number of aromatic nitrogens is 2. The Hall–Kier alpha value is -1.48. The molecule has 0 spiro atoms. The smallest absolute Gasteiger partial charge is 0.158 e. The highest BCUT2D eigenvalue weighted by Crippen LogP contribution is 2.40. The first-order valence-corrected chi connectivity index (χ1v) is 10.5. The molecule has 4 heteroatoms. The molecule has 142 valence electrons. The van der Waals surface area contributed by atoms with E-state index in [2.05, 4.69) is 49.5 Å². The Kier molecular flexibility index (Phi) is 6.29. The fraction of sp³-hybridized carbons (Fsp3) is 0.591. The van der Waals surface area contributed by atoms with Crippen molar-refractivity contribution in [2.45, 2.75) is 72.1 Å². The molecule has 1 aromatic carbocycles. The summed E-state index contributed by atoms with van der Waals surface area (Å²) in [5.41, 5.74) is 6.43. The quantitative estimate of drug-likeness (QED) is 0.532. The second-order valence-corrected chi connectivity index (χ2v) is 8.11. The number of halogens is 1. The largest absolute Gasteiger partial charge is 0.323 e. The van der Waals surface area contributed by atoms with E-state index < -0.39 is 0 Å². The maximum atomic E-state index is 6.64. The van der Waals surface area contributed by atoms with Gasteiger partial charge >= 0.3 is 0 Å². The lowest BCUT2D eigenvalue weighted by molar-refractivity contribution is 0.607. The van der Waals surface area contributed by atoms with E-state index in [4.69, 9.17) is 16.7 Å². The van der Waals surface area contributed by atoms with Gasteiger partial charge in [-0.1, -0.05) is 50.3 Å². The van der Waals surface area contributed by atoms with Crippen LogP contribution < -0.4 is 4.90 Å². The number of aryl methyl sites for hydroxylation is 3. The van der Waals surface area contributed by atoms with Gasteiger partial charge in [0.05, 0.1) is 10.7 Å². The zero-order valence-corrected chi connectivity index (χ0v) is 17.5. The Morgan fingerprint density at radius 1 is 1.12 bits per heavy atom. The SMILES string of the molecule is CCCCCCCc1c2c(nn1C)N(c1c(C)cc(C)cc1Cl)CCC2. The van der Waals surface area contributed by atoms with Gasteiger partial charge in [-0.2, -0.15) is 5.10 Å². The molecule has 1 aliphatic heterocycles. The third-order valence-electron chi connectivity index (χ3n) is 5.50. The summed E-state index contributed by atoms with van der Waals surface area (Å²) < 4.78 is 2.11. The number of fused-ring (bicyclic) bond motifs is 1. The van der Waals surface area contributed by atoms with Crippen LogP contribution in [-0.2, 0) is 19.9 Å². The van der Waals surface area contributed by atoms with Crippen LogP contribution in [0.1, 0.15) is 67.8 Å². The lowest BCUT2D eigenvalue weighted by Gasteiger charge is -2.30. The summed E-state index contributed by atoms with van der Waals surface area (Å²) in [7, 11) is 2.10.